The van der Waals surface area contributed by atoms with Crippen molar-refractivity contribution in [3.63, 3.8) is 0 Å². The van der Waals surface area contributed by atoms with Gasteiger partial charge in [0.1, 0.15) is 11.8 Å². The van der Waals surface area contributed by atoms with Gasteiger partial charge in [-0.05, 0) is 23.8 Å². The number of carbonyl (C=O) groups excluding carboxylic acids is 1. The third-order valence-corrected chi connectivity index (χ3v) is 5.51. The van der Waals surface area contributed by atoms with Crippen LogP contribution in [0.15, 0.2) is 59.3 Å². The van der Waals surface area contributed by atoms with Crippen molar-refractivity contribution in [2.24, 2.45) is 0 Å². The number of halogens is 2. The zero-order chi connectivity index (χ0) is 18.1. The lowest BCUT2D eigenvalue weighted by Gasteiger charge is -2.01. The molecule has 130 valence electrons. The molecule has 0 saturated heterocycles. The van der Waals surface area contributed by atoms with Gasteiger partial charge in [0.05, 0.1) is 15.6 Å². The summed E-state index contributed by atoms with van der Waals surface area (Å²) in [6.07, 6.45) is 3.87. The number of hydrogen-bond acceptors (Lipinski definition) is 4. The summed E-state index contributed by atoms with van der Waals surface area (Å²) in [4.78, 5) is 17.8. The summed E-state index contributed by atoms with van der Waals surface area (Å²) in [7, 11) is 0. The Kier molecular flexibility index (Phi) is 4.68. The van der Waals surface area contributed by atoms with Crippen molar-refractivity contribution < 1.29 is 9.21 Å². The fourth-order valence-electron chi connectivity index (χ4n) is 2.62. The topological polar surface area (TPSA) is 55.1 Å². The van der Waals surface area contributed by atoms with Gasteiger partial charge in [-0.2, -0.15) is 0 Å². The van der Waals surface area contributed by atoms with E-state index in [4.69, 9.17) is 27.6 Å². The molecule has 2 heterocycles. The molecule has 4 aromatic rings. The van der Waals surface area contributed by atoms with E-state index in [0.29, 0.717) is 32.7 Å². The maximum atomic E-state index is 12.5. The minimum absolute atomic E-state index is 0.245. The largest absolute Gasteiger partial charge is 0.463 e. The first kappa shape index (κ1) is 17.1. The molecule has 0 fully saturated rings. The molecule has 4 nitrogen and oxygen atoms in total. The highest BCUT2D eigenvalue weighted by Crippen LogP contribution is 2.27. The maximum absolute atomic E-state index is 12.5. The second-order valence-corrected chi connectivity index (χ2v) is 7.59. The van der Waals surface area contributed by atoms with Crippen LogP contribution in [0.4, 0.5) is 5.13 Å². The Morgan fingerprint density at radius 2 is 2.00 bits per heavy atom. The van der Waals surface area contributed by atoms with Gasteiger partial charge in [-0.1, -0.05) is 47.5 Å². The average molecular weight is 403 g/mol. The third kappa shape index (κ3) is 3.46. The predicted molar refractivity (Wildman–Crippen MR) is 106 cm³/mol. The molecule has 0 spiro atoms. The predicted octanol–water partition coefficient (Wildman–Crippen LogP) is 6.04. The maximum Gasteiger partial charge on any atom is 0.261 e. The molecule has 0 atom stereocenters. The molecule has 1 N–H and O–H groups in total. The van der Waals surface area contributed by atoms with E-state index in [9.17, 15) is 4.79 Å². The molecule has 0 aliphatic carbocycles. The van der Waals surface area contributed by atoms with E-state index >= 15 is 0 Å². The van der Waals surface area contributed by atoms with Crippen molar-refractivity contribution in [2.45, 2.75) is 6.42 Å². The Morgan fingerprint density at radius 1 is 1.15 bits per heavy atom. The van der Waals surface area contributed by atoms with Crippen molar-refractivity contribution in [3.05, 3.63) is 81.0 Å². The molecule has 26 heavy (non-hydrogen) atoms. The van der Waals surface area contributed by atoms with Crippen LogP contribution in [0.5, 0.6) is 0 Å². The lowest BCUT2D eigenvalue weighted by atomic mass is 10.1. The van der Waals surface area contributed by atoms with Crippen LogP contribution in [-0.2, 0) is 6.42 Å². The van der Waals surface area contributed by atoms with Crippen molar-refractivity contribution >= 4 is 56.5 Å². The zero-order valence-electron chi connectivity index (χ0n) is 13.3. The molecule has 1 amide bonds. The number of furan rings is 1. The van der Waals surface area contributed by atoms with Gasteiger partial charge in [0.25, 0.3) is 5.91 Å². The Bertz CT molecular complexity index is 1100. The first-order chi connectivity index (χ1) is 12.6. The van der Waals surface area contributed by atoms with Gasteiger partial charge in [-0.3, -0.25) is 10.1 Å². The zero-order valence-corrected chi connectivity index (χ0v) is 15.7. The highest BCUT2D eigenvalue weighted by Gasteiger charge is 2.15. The Morgan fingerprint density at radius 3 is 2.85 bits per heavy atom. The number of amides is 1. The summed E-state index contributed by atoms with van der Waals surface area (Å²) in [6, 6.07) is 12.9. The summed E-state index contributed by atoms with van der Waals surface area (Å²) in [6.45, 7) is 0. The van der Waals surface area contributed by atoms with E-state index in [1.165, 1.54) is 17.6 Å². The van der Waals surface area contributed by atoms with Crippen molar-refractivity contribution in [1.29, 1.82) is 0 Å². The molecule has 2 aromatic heterocycles. The number of carbonyl (C=O) groups is 1. The fourth-order valence-corrected chi connectivity index (χ4v) is 3.78. The van der Waals surface area contributed by atoms with E-state index in [0.717, 1.165) is 15.8 Å². The monoisotopic (exact) mass is 402 g/mol. The molecular formula is C19H12Cl2N2O2S. The minimum atomic E-state index is -0.245. The summed E-state index contributed by atoms with van der Waals surface area (Å²) in [5, 5.41) is 5.19. The molecule has 0 bridgehead atoms. The highest BCUT2D eigenvalue weighted by atomic mass is 35.5. The molecule has 0 aliphatic rings. The standard InChI is InChI=1S/C19H12Cl2N2O2S/c20-15-6-5-11(8-16(15)21)7-12-9-22-19(26-12)23-18(24)14-10-25-17-4-2-1-3-13(14)17/h1-6,8-10H,7H2,(H,22,23,24). The van der Waals surface area contributed by atoms with Crippen LogP contribution in [0.2, 0.25) is 10.0 Å². The molecule has 0 unspecified atom stereocenters. The van der Waals surface area contributed by atoms with Gasteiger partial charge in [-0.25, -0.2) is 4.98 Å². The molecule has 0 radical (unpaired) electrons. The summed E-state index contributed by atoms with van der Waals surface area (Å²) >= 11 is 13.4. The van der Waals surface area contributed by atoms with Crippen LogP contribution in [0.3, 0.4) is 0 Å². The molecule has 4 rings (SSSR count). The Balaban J connectivity index is 1.49. The van der Waals surface area contributed by atoms with Gasteiger partial charge >= 0.3 is 0 Å². The minimum Gasteiger partial charge on any atom is -0.463 e. The van der Waals surface area contributed by atoms with E-state index < -0.39 is 0 Å². The lowest BCUT2D eigenvalue weighted by Crippen LogP contribution is -2.10. The second kappa shape index (κ2) is 7.11. The first-order valence-electron chi connectivity index (χ1n) is 7.76. The van der Waals surface area contributed by atoms with Gasteiger partial charge in [0.2, 0.25) is 0 Å². The van der Waals surface area contributed by atoms with Crippen LogP contribution in [-0.4, -0.2) is 10.9 Å². The molecular weight excluding hydrogens is 391 g/mol. The first-order valence-corrected chi connectivity index (χ1v) is 9.33. The SMILES string of the molecule is O=C(Nc1ncc(Cc2ccc(Cl)c(Cl)c2)s1)c1coc2ccccc12. The summed E-state index contributed by atoms with van der Waals surface area (Å²) in [5.74, 6) is -0.245. The Hall–Kier alpha value is -2.34. The lowest BCUT2D eigenvalue weighted by molar-refractivity contribution is 0.102. The molecule has 7 heteroatoms. The number of aromatic nitrogens is 1. The van der Waals surface area contributed by atoms with E-state index in [1.807, 2.05) is 36.4 Å². The quantitative estimate of drug-likeness (QED) is 0.452. The van der Waals surface area contributed by atoms with Crippen LogP contribution in [0.25, 0.3) is 11.0 Å². The van der Waals surface area contributed by atoms with Crippen molar-refractivity contribution in [2.75, 3.05) is 5.32 Å². The number of benzene rings is 2. The van der Waals surface area contributed by atoms with Crippen LogP contribution < -0.4 is 5.32 Å². The van der Waals surface area contributed by atoms with Gasteiger partial charge in [-0.15, -0.1) is 11.3 Å². The van der Waals surface area contributed by atoms with E-state index in [2.05, 4.69) is 10.3 Å². The highest BCUT2D eigenvalue weighted by molar-refractivity contribution is 7.15. The smallest absolute Gasteiger partial charge is 0.261 e. The summed E-state index contributed by atoms with van der Waals surface area (Å²) < 4.78 is 5.41. The van der Waals surface area contributed by atoms with Crippen LogP contribution in [0.1, 0.15) is 20.8 Å². The van der Waals surface area contributed by atoms with Crippen molar-refractivity contribution in [3.8, 4) is 0 Å². The van der Waals surface area contributed by atoms with Gasteiger partial charge in [0.15, 0.2) is 5.13 Å². The number of nitrogens with one attached hydrogen (secondary N) is 1. The number of anilines is 1. The number of hydrogen-bond donors (Lipinski definition) is 1. The molecule has 2 aromatic carbocycles. The summed E-state index contributed by atoms with van der Waals surface area (Å²) in [5.41, 5.74) is 2.20. The molecule has 0 saturated carbocycles. The van der Waals surface area contributed by atoms with Crippen molar-refractivity contribution in [1.82, 2.24) is 4.98 Å². The molecule has 0 aliphatic heterocycles. The van der Waals surface area contributed by atoms with Crippen LogP contribution >= 0.6 is 34.5 Å². The van der Waals surface area contributed by atoms with Gasteiger partial charge in [0, 0.05) is 22.9 Å². The number of rotatable bonds is 4. The number of fused-ring (bicyclic) bond motifs is 1. The van der Waals surface area contributed by atoms with E-state index in [-0.39, 0.29) is 5.91 Å². The number of thiazole rings is 1. The third-order valence-electron chi connectivity index (χ3n) is 3.86. The second-order valence-electron chi connectivity index (χ2n) is 5.66. The Labute approximate surface area is 163 Å². The fraction of sp³-hybridized carbons (Fsp3) is 0.0526. The normalized spacial score (nSPS) is 11.0. The van der Waals surface area contributed by atoms with Crippen LogP contribution in [0, 0.1) is 0 Å². The number of nitrogens with zero attached hydrogens (tertiary/aromatic N) is 1. The average Bonchev–Trinajstić information content (AvgIpc) is 3.25. The van der Waals surface area contributed by atoms with Gasteiger partial charge < -0.3 is 4.42 Å². The number of para-hydroxylation sites is 1. The van der Waals surface area contributed by atoms with E-state index in [1.54, 1.807) is 12.3 Å².